The van der Waals surface area contributed by atoms with Crippen LogP contribution in [0.3, 0.4) is 0 Å². The first-order chi connectivity index (χ1) is 33.0. The number of anilines is 1. The first-order valence-corrected chi connectivity index (χ1v) is 25.5. The molecule has 9 atom stereocenters. The highest BCUT2D eigenvalue weighted by atomic mass is 32.1. The molecule has 396 valence electrons. The number of aliphatic carboxylic acids is 1. The van der Waals surface area contributed by atoms with Crippen LogP contribution in [0.4, 0.5) is 10.5 Å². The van der Waals surface area contributed by atoms with Crippen LogP contribution < -0.4 is 26.6 Å². The Bertz CT molecular complexity index is 2180. The van der Waals surface area contributed by atoms with E-state index in [0.717, 1.165) is 29.9 Å². The number of nitrogens with zero attached hydrogens (tertiary/aromatic N) is 3. The van der Waals surface area contributed by atoms with Crippen LogP contribution in [0.25, 0.3) is 0 Å². The van der Waals surface area contributed by atoms with Crippen LogP contribution in [0.5, 0.6) is 0 Å². The molecule has 2 heterocycles. The number of rotatable bonds is 24. The average molecular weight is 1010 g/mol. The average Bonchev–Trinajstić information content (AvgIpc) is 3.91. The van der Waals surface area contributed by atoms with E-state index >= 15 is 0 Å². The molecule has 0 bridgehead atoms. The number of alkyl carbamates (subject to hydrolysis) is 1. The van der Waals surface area contributed by atoms with Crippen molar-refractivity contribution in [2.75, 3.05) is 26.0 Å². The fourth-order valence-electron chi connectivity index (χ4n) is 8.36. The number of ether oxygens (including phenoxy) is 2. The van der Waals surface area contributed by atoms with Crippen LogP contribution in [0.15, 0.2) is 29.6 Å². The van der Waals surface area contributed by atoms with Gasteiger partial charge in [0.2, 0.25) is 23.6 Å². The molecule has 6 amide bonds. The van der Waals surface area contributed by atoms with Crippen molar-refractivity contribution in [1.29, 1.82) is 0 Å². The molecule has 0 spiro atoms. The summed E-state index contributed by atoms with van der Waals surface area (Å²) in [5.74, 6) is -5.13. The lowest BCUT2D eigenvalue weighted by atomic mass is 9.91. The maximum atomic E-state index is 14.4. The molecule has 1 aromatic heterocycles. The van der Waals surface area contributed by atoms with E-state index in [1.165, 1.54) is 19.2 Å². The molecule has 1 aliphatic heterocycles. The number of benzene rings is 1. The first kappa shape index (κ1) is 59.7. The standard InChI is InChI=1S/C51H80N8O11S/c1-16-30(6)41(56-48(67)51(13)22-17-23-58(51)14)46(64)59(15)38(28(2)3)26-39(69-33(9)60)45-55-37(27-71-45)43(62)54-36(24-31(7)47(65)66)25-34-18-20-35(21-19-34)53-42(61)32(8)52-44(63)40(29(4)5)57-49(68)70-50(10,11)12/h18-21,27-32,36,38-41H,16-17,22-26H2,1-15H3,(H,52,63)(H,53,61)(H,54,62)(H,56,67)(H,57,68)(H,65,66)/t30?,31-,32-,36+,38+,39+,40-,41-,51+/m0/s1. The number of hydrogen-bond acceptors (Lipinski definition) is 13. The summed E-state index contributed by atoms with van der Waals surface area (Å²) in [5, 5.41) is 25.7. The van der Waals surface area contributed by atoms with Gasteiger partial charge in [-0.25, -0.2) is 9.78 Å². The first-order valence-electron chi connectivity index (χ1n) is 24.6. The van der Waals surface area contributed by atoms with Crippen molar-refractivity contribution >= 4 is 64.6 Å². The van der Waals surface area contributed by atoms with Gasteiger partial charge in [0.1, 0.15) is 34.4 Å². The van der Waals surface area contributed by atoms with Crippen molar-refractivity contribution in [1.82, 2.24) is 36.1 Å². The van der Waals surface area contributed by atoms with Gasteiger partial charge in [-0.1, -0.05) is 67.0 Å². The van der Waals surface area contributed by atoms with Crippen molar-refractivity contribution in [3.8, 4) is 0 Å². The van der Waals surface area contributed by atoms with Gasteiger partial charge >= 0.3 is 18.0 Å². The minimum Gasteiger partial charge on any atom is -0.481 e. The zero-order chi connectivity index (χ0) is 53.7. The van der Waals surface area contributed by atoms with Gasteiger partial charge in [-0.3, -0.25) is 38.5 Å². The third-order valence-corrected chi connectivity index (χ3v) is 14.1. The van der Waals surface area contributed by atoms with Crippen LogP contribution >= 0.6 is 11.3 Å². The molecule has 19 nitrogen and oxygen atoms in total. The maximum Gasteiger partial charge on any atom is 0.408 e. The molecule has 0 radical (unpaired) electrons. The minimum absolute atomic E-state index is 0.0326. The molecule has 6 N–H and O–H groups in total. The molecule has 2 aromatic rings. The Balaban J connectivity index is 1.76. The SMILES string of the molecule is CCC(C)[C@H](NC(=O)[C@@]1(C)CCCN1C)C(=O)N(C)[C@H](C[C@@H](OC(C)=O)c1nc(C(=O)N[C@@H](Cc2ccc(NC(=O)[C@H](C)NC(=O)[C@@H](NC(=O)OC(C)(C)C)C(C)C)cc2)C[C@H](C)C(=O)O)cs1)C(C)C. The zero-order valence-electron chi connectivity index (χ0n) is 44.4. The fourth-order valence-corrected chi connectivity index (χ4v) is 9.20. The Kier molecular flexibility index (Phi) is 22.0. The lowest BCUT2D eigenvalue weighted by Crippen LogP contribution is -2.60. The number of aromatic nitrogens is 1. The van der Waals surface area contributed by atoms with E-state index in [1.54, 1.807) is 77.8 Å². The van der Waals surface area contributed by atoms with Gasteiger partial charge in [0.25, 0.3) is 5.91 Å². The second kappa shape index (κ2) is 26.2. The van der Waals surface area contributed by atoms with Crippen LogP contribution in [0, 0.1) is 23.7 Å². The Morgan fingerprint density at radius 2 is 1.52 bits per heavy atom. The van der Waals surface area contributed by atoms with Crippen molar-refractivity contribution in [3.05, 3.63) is 45.9 Å². The van der Waals surface area contributed by atoms with E-state index in [0.29, 0.717) is 23.5 Å². The topological polar surface area (TPSA) is 255 Å². The number of likely N-dealkylation sites (tertiary alicyclic amines) is 1. The van der Waals surface area contributed by atoms with Gasteiger partial charge in [0.05, 0.1) is 11.5 Å². The number of esters is 1. The van der Waals surface area contributed by atoms with Gasteiger partial charge in [-0.15, -0.1) is 11.3 Å². The number of amides is 6. The lowest BCUT2D eigenvalue weighted by Gasteiger charge is -2.38. The molecule has 3 rings (SSSR count). The van der Waals surface area contributed by atoms with Gasteiger partial charge < -0.3 is 46.1 Å². The summed E-state index contributed by atoms with van der Waals surface area (Å²) in [5.41, 5.74) is -0.319. The van der Waals surface area contributed by atoms with Crippen molar-refractivity contribution in [2.45, 2.75) is 176 Å². The van der Waals surface area contributed by atoms with E-state index < -0.39 is 89.1 Å². The number of carboxylic acid groups (broad SMARTS) is 1. The Hall–Kier alpha value is -5.63. The Labute approximate surface area is 423 Å². The number of carbonyl (C=O) groups is 8. The largest absolute Gasteiger partial charge is 0.481 e. The number of nitrogens with one attached hydrogen (secondary N) is 5. The molecule has 1 unspecified atom stereocenters. The van der Waals surface area contributed by atoms with Gasteiger partial charge in [-0.2, -0.15) is 0 Å². The highest BCUT2D eigenvalue weighted by molar-refractivity contribution is 7.09. The van der Waals surface area contributed by atoms with Crippen molar-refractivity contribution in [2.24, 2.45) is 23.7 Å². The van der Waals surface area contributed by atoms with Crippen LogP contribution in [0.1, 0.15) is 149 Å². The predicted octanol–water partition coefficient (Wildman–Crippen LogP) is 6.08. The van der Waals surface area contributed by atoms with Gasteiger partial charge in [-0.05, 0) is 109 Å². The number of carboxylic acids is 1. The summed E-state index contributed by atoms with van der Waals surface area (Å²) >= 11 is 1.12. The molecular formula is C51H80N8O11S. The molecule has 0 saturated carbocycles. The monoisotopic (exact) mass is 1010 g/mol. The highest BCUT2D eigenvalue weighted by Crippen LogP contribution is 2.32. The normalized spacial score (nSPS) is 18.4. The second-order valence-corrected chi connectivity index (χ2v) is 21.8. The Morgan fingerprint density at radius 3 is 2.04 bits per heavy atom. The quantitative estimate of drug-likeness (QED) is 0.0653. The number of hydrogen-bond donors (Lipinski definition) is 6. The summed E-state index contributed by atoms with van der Waals surface area (Å²) in [6.07, 6.45) is 0.987. The smallest absolute Gasteiger partial charge is 0.408 e. The molecule has 20 heteroatoms. The summed E-state index contributed by atoms with van der Waals surface area (Å²) in [6.45, 7) is 23.5. The minimum atomic E-state index is -1.04. The summed E-state index contributed by atoms with van der Waals surface area (Å²) in [4.78, 5) is 113. The molecular weight excluding hydrogens is 933 g/mol. The summed E-state index contributed by atoms with van der Waals surface area (Å²) in [7, 11) is 3.60. The number of likely N-dealkylation sites (N-methyl/N-ethyl adjacent to an activating group) is 2. The third kappa shape index (κ3) is 17.6. The molecule has 0 aliphatic carbocycles. The summed E-state index contributed by atoms with van der Waals surface area (Å²) in [6, 6.07) is 2.90. The molecule has 1 saturated heterocycles. The van der Waals surface area contributed by atoms with Crippen molar-refractivity contribution < 1.29 is 52.9 Å². The van der Waals surface area contributed by atoms with Gasteiger partial charge in [0, 0.05) is 43.5 Å². The van der Waals surface area contributed by atoms with E-state index in [2.05, 4.69) is 31.6 Å². The maximum absolute atomic E-state index is 14.4. The van der Waals surface area contributed by atoms with Crippen LogP contribution in [0.2, 0.25) is 0 Å². The van der Waals surface area contributed by atoms with Crippen molar-refractivity contribution in [3.63, 3.8) is 0 Å². The molecule has 71 heavy (non-hydrogen) atoms. The second-order valence-electron chi connectivity index (χ2n) is 20.9. The molecule has 1 aliphatic rings. The Morgan fingerprint density at radius 1 is 0.887 bits per heavy atom. The third-order valence-electron chi connectivity index (χ3n) is 13.1. The van der Waals surface area contributed by atoms with Crippen LogP contribution in [-0.4, -0.2) is 129 Å². The number of carbonyl (C=O) groups excluding carboxylic acids is 7. The van der Waals surface area contributed by atoms with E-state index in [1.807, 2.05) is 46.6 Å². The summed E-state index contributed by atoms with van der Waals surface area (Å²) < 4.78 is 11.1. The molecule has 1 aromatic carbocycles. The number of thiazole rings is 1. The van der Waals surface area contributed by atoms with E-state index in [4.69, 9.17) is 9.47 Å². The van der Waals surface area contributed by atoms with E-state index in [9.17, 15) is 43.5 Å². The lowest BCUT2D eigenvalue weighted by molar-refractivity contribution is -0.149. The fraction of sp³-hybridized carbons (Fsp3) is 0.667. The highest BCUT2D eigenvalue weighted by Gasteiger charge is 2.44. The van der Waals surface area contributed by atoms with E-state index in [-0.39, 0.29) is 54.5 Å². The van der Waals surface area contributed by atoms with Crippen LogP contribution in [-0.2, 0) is 44.7 Å². The zero-order valence-corrected chi connectivity index (χ0v) is 45.2. The molecule has 1 fully saturated rings. The van der Waals surface area contributed by atoms with Gasteiger partial charge in [0.15, 0.2) is 6.10 Å². The predicted molar refractivity (Wildman–Crippen MR) is 271 cm³/mol.